The minimum Gasteiger partial charge on any atom is -0.443 e. The summed E-state index contributed by atoms with van der Waals surface area (Å²) in [5.41, 5.74) is 0.652. The Morgan fingerprint density at radius 1 is 1.25 bits per heavy atom. The van der Waals surface area contributed by atoms with Crippen molar-refractivity contribution in [2.45, 2.75) is 82.6 Å². The van der Waals surface area contributed by atoms with Crippen molar-refractivity contribution in [3.8, 4) is 0 Å². The molecular formula is C23H36N2O7. The summed E-state index contributed by atoms with van der Waals surface area (Å²) in [4.78, 5) is 25.8. The van der Waals surface area contributed by atoms with Gasteiger partial charge in [-0.15, -0.1) is 0 Å². The van der Waals surface area contributed by atoms with Crippen LogP contribution in [-0.4, -0.2) is 86.1 Å². The molecule has 1 N–H and O–H groups in total. The largest absolute Gasteiger partial charge is 0.443 e. The van der Waals surface area contributed by atoms with Crippen LogP contribution >= 0.6 is 0 Å². The summed E-state index contributed by atoms with van der Waals surface area (Å²) in [5, 5.41) is 2.59. The number of hydrogen-bond donors (Lipinski definition) is 1. The summed E-state index contributed by atoms with van der Waals surface area (Å²) in [7, 11) is 1.66. The van der Waals surface area contributed by atoms with Crippen LogP contribution in [0.25, 0.3) is 0 Å². The number of hydrogen-bond acceptors (Lipinski definition) is 7. The van der Waals surface area contributed by atoms with Gasteiger partial charge in [0.05, 0.1) is 31.7 Å². The van der Waals surface area contributed by atoms with Crippen LogP contribution in [0, 0.1) is 5.92 Å². The maximum Gasteiger partial charge on any atom is 0.410 e. The van der Waals surface area contributed by atoms with Crippen molar-refractivity contribution in [3.63, 3.8) is 0 Å². The SMILES string of the molecule is CCNC(=O)OC1CN(C(=O)O[C@@H]2CC[C@]3(CO3)C([C@@]3(C)O[C@@H]3CC=C(C)C)[C@@H]2OC)C1. The van der Waals surface area contributed by atoms with Gasteiger partial charge in [0.1, 0.15) is 29.5 Å². The molecule has 0 aromatic heterocycles. The van der Waals surface area contributed by atoms with Gasteiger partial charge in [-0.05, 0) is 47.0 Å². The van der Waals surface area contributed by atoms with Gasteiger partial charge in [0, 0.05) is 13.7 Å². The van der Waals surface area contributed by atoms with Crippen molar-refractivity contribution in [1.29, 1.82) is 0 Å². The van der Waals surface area contributed by atoms with Crippen molar-refractivity contribution in [2.75, 3.05) is 33.4 Å². The smallest absolute Gasteiger partial charge is 0.410 e. The zero-order valence-corrected chi connectivity index (χ0v) is 19.7. The Morgan fingerprint density at radius 2 is 1.97 bits per heavy atom. The van der Waals surface area contributed by atoms with E-state index in [1.165, 1.54) is 5.57 Å². The molecule has 4 fully saturated rings. The number of carbonyl (C=O) groups is 2. The number of ether oxygens (including phenoxy) is 5. The van der Waals surface area contributed by atoms with Crippen molar-refractivity contribution in [1.82, 2.24) is 10.2 Å². The zero-order chi connectivity index (χ0) is 23.1. The number of nitrogens with one attached hydrogen (secondary N) is 1. The lowest BCUT2D eigenvalue weighted by molar-refractivity contribution is -0.126. The van der Waals surface area contributed by atoms with E-state index < -0.39 is 12.2 Å². The molecule has 0 aromatic carbocycles. The van der Waals surface area contributed by atoms with Crippen LogP contribution in [-0.2, 0) is 23.7 Å². The van der Waals surface area contributed by atoms with E-state index in [-0.39, 0.29) is 41.5 Å². The number of methoxy groups -OCH3 is 1. The van der Waals surface area contributed by atoms with E-state index in [2.05, 4.69) is 32.2 Å². The van der Waals surface area contributed by atoms with Crippen LogP contribution in [0.2, 0.25) is 0 Å². The highest BCUT2D eigenvalue weighted by molar-refractivity contribution is 5.70. The fourth-order valence-electron chi connectivity index (χ4n) is 5.27. The topological polar surface area (TPSA) is 102 Å². The predicted octanol–water partition coefficient (Wildman–Crippen LogP) is 2.63. The third-order valence-corrected chi connectivity index (χ3v) is 7.19. The first-order chi connectivity index (χ1) is 15.2. The van der Waals surface area contributed by atoms with E-state index in [4.69, 9.17) is 23.7 Å². The quantitative estimate of drug-likeness (QED) is 0.468. The number of amides is 2. The van der Waals surface area contributed by atoms with E-state index >= 15 is 0 Å². The molecule has 9 nitrogen and oxygen atoms in total. The van der Waals surface area contributed by atoms with Crippen molar-refractivity contribution in [3.05, 3.63) is 11.6 Å². The molecular weight excluding hydrogens is 416 g/mol. The van der Waals surface area contributed by atoms with Crippen LogP contribution in [0.1, 0.15) is 47.0 Å². The number of rotatable bonds is 7. The second kappa shape index (κ2) is 8.83. The Morgan fingerprint density at radius 3 is 2.56 bits per heavy atom. The van der Waals surface area contributed by atoms with Gasteiger partial charge in [0.15, 0.2) is 0 Å². The fourth-order valence-corrected chi connectivity index (χ4v) is 5.27. The molecule has 32 heavy (non-hydrogen) atoms. The lowest BCUT2D eigenvalue weighted by atomic mass is 9.68. The van der Waals surface area contributed by atoms with Gasteiger partial charge in [0.25, 0.3) is 0 Å². The number of alkyl carbamates (subject to hydrolysis) is 1. The van der Waals surface area contributed by atoms with E-state index in [1.54, 1.807) is 12.0 Å². The lowest BCUT2D eigenvalue weighted by Crippen LogP contribution is -2.59. The van der Waals surface area contributed by atoms with Crippen molar-refractivity contribution < 1.29 is 33.3 Å². The van der Waals surface area contributed by atoms with E-state index in [1.807, 2.05) is 6.92 Å². The van der Waals surface area contributed by atoms with Crippen LogP contribution in [0.15, 0.2) is 11.6 Å². The second-order valence-corrected chi connectivity index (χ2v) is 9.76. The molecule has 2 amide bonds. The van der Waals surface area contributed by atoms with E-state index in [9.17, 15) is 9.59 Å². The molecule has 180 valence electrons. The summed E-state index contributed by atoms with van der Waals surface area (Å²) in [6.07, 6.45) is 2.81. The molecule has 3 heterocycles. The third-order valence-electron chi connectivity index (χ3n) is 7.19. The number of allylic oxidation sites excluding steroid dienone is 1. The van der Waals surface area contributed by atoms with Crippen molar-refractivity contribution in [2.24, 2.45) is 5.92 Å². The van der Waals surface area contributed by atoms with Gasteiger partial charge in [-0.25, -0.2) is 9.59 Å². The van der Waals surface area contributed by atoms with Gasteiger partial charge in [-0.3, -0.25) is 0 Å². The first-order valence-electron chi connectivity index (χ1n) is 11.6. The first-order valence-corrected chi connectivity index (χ1v) is 11.6. The number of carbonyl (C=O) groups excluding carboxylic acids is 2. The minimum atomic E-state index is -0.463. The Balaban J connectivity index is 1.36. The first kappa shape index (κ1) is 23.3. The highest BCUT2D eigenvalue weighted by Gasteiger charge is 2.72. The molecule has 4 aliphatic rings. The highest BCUT2D eigenvalue weighted by Crippen LogP contribution is 2.59. The molecule has 4 rings (SSSR count). The van der Waals surface area contributed by atoms with E-state index in [0.29, 0.717) is 32.7 Å². The second-order valence-electron chi connectivity index (χ2n) is 9.76. The predicted molar refractivity (Wildman–Crippen MR) is 115 cm³/mol. The number of likely N-dealkylation sites (tertiary alicyclic amines) is 1. The van der Waals surface area contributed by atoms with Crippen molar-refractivity contribution >= 4 is 12.2 Å². The number of nitrogens with zero attached hydrogens (tertiary/aromatic N) is 1. The average molecular weight is 453 g/mol. The summed E-state index contributed by atoms with van der Waals surface area (Å²) < 4.78 is 29.2. The molecule has 1 unspecified atom stereocenters. The monoisotopic (exact) mass is 452 g/mol. The number of epoxide rings is 2. The molecule has 9 heteroatoms. The van der Waals surface area contributed by atoms with Gasteiger partial charge in [-0.2, -0.15) is 0 Å². The average Bonchev–Trinajstić information content (AvgIpc) is 3.61. The highest BCUT2D eigenvalue weighted by atomic mass is 16.6. The fraction of sp³-hybridized carbons (Fsp3) is 0.826. The summed E-state index contributed by atoms with van der Waals surface area (Å²) in [6.45, 7) is 9.98. The molecule has 3 aliphatic heterocycles. The maximum atomic E-state index is 12.7. The van der Waals surface area contributed by atoms with Gasteiger partial charge in [-0.1, -0.05) is 11.6 Å². The van der Waals surface area contributed by atoms with Crippen LogP contribution < -0.4 is 5.32 Å². The third kappa shape index (κ3) is 4.47. The Labute approximate surface area is 189 Å². The lowest BCUT2D eigenvalue weighted by Gasteiger charge is -2.44. The normalized spacial score (nSPS) is 38.0. The minimum absolute atomic E-state index is 0.00711. The standard InChI is InChI=1S/C23H36N2O7/c1-6-24-20(26)30-15-11-25(12-15)21(27)31-16-9-10-23(13-29-23)19(18(16)28-5)22(4)17(32-22)8-7-14(2)3/h7,15-19H,6,8-13H2,1-5H3,(H,24,26)/t16-,17-,18-,19?,22+,23+/m1/s1. The van der Waals surface area contributed by atoms with Crippen LogP contribution in [0.4, 0.5) is 9.59 Å². The molecule has 3 saturated heterocycles. The Bertz CT molecular complexity index is 757. The Kier molecular flexibility index (Phi) is 6.44. The maximum absolute atomic E-state index is 12.7. The summed E-state index contributed by atoms with van der Waals surface area (Å²) in [6, 6.07) is 0. The molecule has 1 spiro atoms. The molecule has 1 aliphatic carbocycles. The molecule has 6 atom stereocenters. The van der Waals surface area contributed by atoms with Crippen LogP contribution in [0.5, 0.6) is 0 Å². The zero-order valence-electron chi connectivity index (χ0n) is 19.7. The Hall–Kier alpha value is -1.84. The molecule has 0 radical (unpaired) electrons. The van der Waals surface area contributed by atoms with Gasteiger partial charge in [0.2, 0.25) is 0 Å². The molecule has 0 bridgehead atoms. The van der Waals surface area contributed by atoms with Gasteiger partial charge < -0.3 is 33.9 Å². The summed E-state index contributed by atoms with van der Waals surface area (Å²) in [5.74, 6) is -0.00711. The summed E-state index contributed by atoms with van der Waals surface area (Å²) >= 11 is 0. The van der Waals surface area contributed by atoms with Gasteiger partial charge >= 0.3 is 12.2 Å². The van der Waals surface area contributed by atoms with Crippen LogP contribution in [0.3, 0.4) is 0 Å². The van der Waals surface area contributed by atoms with E-state index in [0.717, 1.165) is 12.8 Å². The molecule has 1 saturated carbocycles. The molecule has 0 aromatic rings.